The second-order valence-electron chi connectivity index (χ2n) is 6.52. The third-order valence-corrected chi connectivity index (χ3v) is 4.70. The Balaban J connectivity index is 1.81. The SMILES string of the molecule is CCCCNC(=O)C1CCCN(C(=O)CNC(=O)c2cccc(Cl)c2)C1. The van der Waals surface area contributed by atoms with Crippen molar-refractivity contribution in [1.29, 1.82) is 0 Å². The van der Waals surface area contributed by atoms with E-state index in [1.54, 1.807) is 29.2 Å². The zero-order valence-electron chi connectivity index (χ0n) is 15.1. The molecule has 0 saturated carbocycles. The first-order valence-corrected chi connectivity index (χ1v) is 9.48. The maximum absolute atomic E-state index is 12.4. The van der Waals surface area contributed by atoms with Crippen molar-refractivity contribution in [3.8, 4) is 0 Å². The summed E-state index contributed by atoms with van der Waals surface area (Å²) in [5.74, 6) is -0.676. The fourth-order valence-electron chi connectivity index (χ4n) is 2.95. The first kappa shape index (κ1) is 20.2. The van der Waals surface area contributed by atoms with Gasteiger partial charge in [-0.25, -0.2) is 0 Å². The van der Waals surface area contributed by atoms with Gasteiger partial charge in [0, 0.05) is 30.2 Å². The molecule has 1 aromatic rings. The number of piperidine rings is 1. The summed E-state index contributed by atoms with van der Waals surface area (Å²) >= 11 is 5.87. The van der Waals surface area contributed by atoms with Gasteiger partial charge in [0.2, 0.25) is 11.8 Å². The van der Waals surface area contributed by atoms with Crippen molar-refractivity contribution in [1.82, 2.24) is 15.5 Å². The molecule has 1 unspecified atom stereocenters. The van der Waals surface area contributed by atoms with Gasteiger partial charge in [0.1, 0.15) is 0 Å². The van der Waals surface area contributed by atoms with Crippen molar-refractivity contribution in [2.24, 2.45) is 5.92 Å². The standard InChI is InChI=1S/C19H26ClN3O3/c1-2-3-9-21-19(26)15-7-5-10-23(13-15)17(24)12-22-18(25)14-6-4-8-16(20)11-14/h4,6,8,11,15H,2-3,5,7,9-10,12-13H2,1H3,(H,21,26)(H,22,25). The molecule has 26 heavy (non-hydrogen) atoms. The van der Waals surface area contributed by atoms with Gasteiger partial charge in [-0.1, -0.05) is 31.0 Å². The van der Waals surface area contributed by atoms with E-state index >= 15 is 0 Å². The molecule has 0 spiro atoms. The van der Waals surface area contributed by atoms with E-state index in [4.69, 9.17) is 11.6 Å². The highest BCUT2D eigenvalue weighted by atomic mass is 35.5. The summed E-state index contributed by atoms with van der Waals surface area (Å²) in [4.78, 5) is 38.3. The summed E-state index contributed by atoms with van der Waals surface area (Å²) in [6.45, 7) is 3.68. The minimum absolute atomic E-state index is 0.0129. The Morgan fingerprint density at radius 3 is 2.81 bits per heavy atom. The predicted molar refractivity (Wildman–Crippen MR) is 101 cm³/mol. The van der Waals surface area contributed by atoms with Crippen LogP contribution >= 0.6 is 11.6 Å². The first-order chi connectivity index (χ1) is 12.5. The van der Waals surface area contributed by atoms with Crippen molar-refractivity contribution in [2.45, 2.75) is 32.6 Å². The Kier molecular flexibility index (Phi) is 7.91. The van der Waals surface area contributed by atoms with E-state index in [-0.39, 0.29) is 30.2 Å². The van der Waals surface area contributed by atoms with E-state index in [0.717, 1.165) is 25.7 Å². The monoisotopic (exact) mass is 379 g/mol. The van der Waals surface area contributed by atoms with Crippen LogP contribution in [0.25, 0.3) is 0 Å². The van der Waals surface area contributed by atoms with Gasteiger partial charge in [0.05, 0.1) is 12.5 Å². The van der Waals surface area contributed by atoms with Crippen molar-refractivity contribution in [3.05, 3.63) is 34.9 Å². The van der Waals surface area contributed by atoms with Gasteiger partial charge < -0.3 is 15.5 Å². The number of carbonyl (C=O) groups is 3. The molecule has 0 aromatic heterocycles. The number of nitrogens with one attached hydrogen (secondary N) is 2. The Labute approximate surface area is 159 Å². The molecule has 0 radical (unpaired) electrons. The van der Waals surface area contributed by atoms with Crippen LogP contribution in [0.15, 0.2) is 24.3 Å². The lowest BCUT2D eigenvalue weighted by atomic mass is 9.97. The van der Waals surface area contributed by atoms with Gasteiger partial charge >= 0.3 is 0 Å². The maximum Gasteiger partial charge on any atom is 0.251 e. The maximum atomic E-state index is 12.4. The van der Waals surface area contributed by atoms with Crippen LogP contribution in [0.3, 0.4) is 0 Å². The quantitative estimate of drug-likeness (QED) is 0.713. The molecule has 1 aliphatic heterocycles. The van der Waals surface area contributed by atoms with Crippen LogP contribution in [0, 0.1) is 5.92 Å². The van der Waals surface area contributed by atoms with Crippen molar-refractivity contribution >= 4 is 29.3 Å². The number of nitrogens with zero attached hydrogens (tertiary/aromatic N) is 1. The number of hydrogen-bond donors (Lipinski definition) is 2. The number of hydrogen-bond acceptors (Lipinski definition) is 3. The van der Waals surface area contributed by atoms with Gasteiger partial charge in [0.15, 0.2) is 0 Å². The molecule has 1 aliphatic rings. The van der Waals surface area contributed by atoms with Crippen molar-refractivity contribution in [2.75, 3.05) is 26.2 Å². The van der Waals surface area contributed by atoms with Crippen LogP contribution < -0.4 is 10.6 Å². The zero-order chi connectivity index (χ0) is 18.9. The topological polar surface area (TPSA) is 78.5 Å². The summed E-state index contributed by atoms with van der Waals surface area (Å²) in [6.07, 6.45) is 3.56. The minimum Gasteiger partial charge on any atom is -0.356 e. The Morgan fingerprint density at radius 2 is 2.08 bits per heavy atom. The molecule has 1 heterocycles. The number of benzene rings is 1. The smallest absolute Gasteiger partial charge is 0.251 e. The van der Waals surface area contributed by atoms with Crippen LogP contribution in [0.2, 0.25) is 5.02 Å². The van der Waals surface area contributed by atoms with Gasteiger partial charge in [-0.05, 0) is 37.5 Å². The van der Waals surface area contributed by atoms with E-state index in [2.05, 4.69) is 17.6 Å². The molecule has 0 bridgehead atoms. The molecule has 3 amide bonds. The normalized spacial score (nSPS) is 16.8. The lowest BCUT2D eigenvalue weighted by molar-refractivity contribution is -0.134. The number of likely N-dealkylation sites (tertiary alicyclic amines) is 1. The van der Waals surface area contributed by atoms with E-state index in [1.807, 2.05) is 0 Å². The third kappa shape index (κ3) is 6.02. The molecule has 0 aliphatic carbocycles. The number of carbonyl (C=O) groups excluding carboxylic acids is 3. The van der Waals surface area contributed by atoms with Gasteiger partial charge in [-0.15, -0.1) is 0 Å². The van der Waals surface area contributed by atoms with E-state index in [1.165, 1.54) is 0 Å². The van der Waals surface area contributed by atoms with Crippen LogP contribution in [0.5, 0.6) is 0 Å². The second kappa shape index (κ2) is 10.2. The zero-order valence-corrected chi connectivity index (χ0v) is 15.8. The van der Waals surface area contributed by atoms with E-state index in [9.17, 15) is 14.4 Å². The molecular weight excluding hydrogens is 354 g/mol. The second-order valence-corrected chi connectivity index (χ2v) is 6.95. The molecule has 1 atom stereocenters. The average Bonchev–Trinajstić information content (AvgIpc) is 2.66. The number of unbranched alkanes of at least 4 members (excludes halogenated alkanes) is 1. The summed E-state index contributed by atoms with van der Waals surface area (Å²) in [6, 6.07) is 6.57. The molecular formula is C19H26ClN3O3. The molecule has 1 saturated heterocycles. The Morgan fingerprint density at radius 1 is 1.27 bits per heavy atom. The lowest BCUT2D eigenvalue weighted by Crippen LogP contribution is -2.48. The third-order valence-electron chi connectivity index (χ3n) is 4.46. The number of amides is 3. The summed E-state index contributed by atoms with van der Waals surface area (Å²) in [5.41, 5.74) is 0.414. The predicted octanol–water partition coefficient (Wildman–Crippen LogP) is 2.22. The van der Waals surface area contributed by atoms with Crippen LogP contribution in [0.1, 0.15) is 43.0 Å². The largest absolute Gasteiger partial charge is 0.356 e. The van der Waals surface area contributed by atoms with E-state index in [0.29, 0.717) is 30.2 Å². The summed E-state index contributed by atoms with van der Waals surface area (Å²) < 4.78 is 0. The van der Waals surface area contributed by atoms with Crippen molar-refractivity contribution in [3.63, 3.8) is 0 Å². The lowest BCUT2D eigenvalue weighted by Gasteiger charge is -2.32. The highest BCUT2D eigenvalue weighted by Gasteiger charge is 2.28. The number of halogens is 1. The molecule has 2 N–H and O–H groups in total. The molecule has 142 valence electrons. The van der Waals surface area contributed by atoms with Gasteiger partial charge in [0.25, 0.3) is 5.91 Å². The summed E-state index contributed by atoms with van der Waals surface area (Å²) in [7, 11) is 0. The van der Waals surface area contributed by atoms with E-state index < -0.39 is 0 Å². The molecule has 1 fully saturated rings. The van der Waals surface area contributed by atoms with Crippen LogP contribution in [-0.4, -0.2) is 48.8 Å². The Hall–Kier alpha value is -2.08. The fourth-order valence-corrected chi connectivity index (χ4v) is 3.14. The first-order valence-electron chi connectivity index (χ1n) is 9.10. The molecule has 1 aromatic carbocycles. The minimum atomic E-state index is -0.341. The molecule has 6 nitrogen and oxygen atoms in total. The average molecular weight is 380 g/mol. The van der Waals surface area contributed by atoms with Gasteiger partial charge in [-0.3, -0.25) is 14.4 Å². The van der Waals surface area contributed by atoms with Crippen molar-refractivity contribution < 1.29 is 14.4 Å². The Bertz CT molecular complexity index is 651. The van der Waals surface area contributed by atoms with Gasteiger partial charge in [-0.2, -0.15) is 0 Å². The summed E-state index contributed by atoms with van der Waals surface area (Å²) in [5, 5.41) is 6.02. The fraction of sp³-hybridized carbons (Fsp3) is 0.526. The highest BCUT2D eigenvalue weighted by molar-refractivity contribution is 6.30. The highest BCUT2D eigenvalue weighted by Crippen LogP contribution is 2.17. The number of rotatable bonds is 7. The van der Waals surface area contributed by atoms with Crippen LogP contribution in [-0.2, 0) is 9.59 Å². The molecule has 7 heteroatoms. The van der Waals surface area contributed by atoms with Crippen LogP contribution in [0.4, 0.5) is 0 Å². The molecule has 2 rings (SSSR count).